The number of nitrogens with zero attached hydrogens (tertiary/aromatic N) is 2. The van der Waals surface area contributed by atoms with Crippen molar-refractivity contribution in [2.24, 2.45) is 0 Å². The molecule has 0 aliphatic carbocycles. The number of hydrogen-bond donors (Lipinski definition) is 1. The van der Waals surface area contributed by atoms with Gasteiger partial charge in [0, 0.05) is 24.5 Å². The zero-order valence-corrected chi connectivity index (χ0v) is 17.8. The SMILES string of the molecule is O=C1C(=O)N(CCc2ccccc2)[C@H](c2ccncc2)C1=C(O)c1ccc2c(c1)OCCO2. The number of pyridine rings is 1. The van der Waals surface area contributed by atoms with Gasteiger partial charge < -0.3 is 19.5 Å². The zero-order chi connectivity index (χ0) is 22.8. The summed E-state index contributed by atoms with van der Waals surface area (Å²) in [6.45, 7) is 1.19. The van der Waals surface area contributed by atoms with Crippen molar-refractivity contribution in [3.8, 4) is 11.5 Å². The van der Waals surface area contributed by atoms with Crippen LogP contribution < -0.4 is 9.47 Å². The summed E-state index contributed by atoms with van der Waals surface area (Å²) in [6, 6.07) is 17.5. The van der Waals surface area contributed by atoms with E-state index in [0.717, 1.165) is 5.56 Å². The van der Waals surface area contributed by atoms with Gasteiger partial charge in [-0.1, -0.05) is 30.3 Å². The average Bonchev–Trinajstić information content (AvgIpc) is 3.12. The van der Waals surface area contributed by atoms with Crippen LogP contribution in [0.15, 0.2) is 78.6 Å². The van der Waals surface area contributed by atoms with Gasteiger partial charge in [-0.05, 0) is 47.9 Å². The van der Waals surface area contributed by atoms with Gasteiger partial charge in [0.2, 0.25) is 0 Å². The predicted octanol–water partition coefficient (Wildman–Crippen LogP) is 3.52. The van der Waals surface area contributed by atoms with Crippen molar-refractivity contribution in [2.75, 3.05) is 19.8 Å². The van der Waals surface area contributed by atoms with Crippen molar-refractivity contribution in [2.45, 2.75) is 12.5 Å². The second kappa shape index (κ2) is 8.78. The minimum absolute atomic E-state index is 0.0518. The van der Waals surface area contributed by atoms with Crippen LogP contribution in [0.2, 0.25) is 0 Å². The maximum Gasteiger partial charge on any atom is 0.295 e. The van der Waals surface area contributed by atoms with E-state index in [1.165, 1.54) is 4.90 Å². The highest BCUT2D eigenvalue weighted by atomic mass is 16.6. The summed E-state index contributed by atoms with van der Waals surface area (Å²) in [5.74, 6) is -0.519. The molecule has 0 bridgehead atoms. The number of aliphatic hydroxyl groups is 1. The van der Waals surface area contributed by atoms with E-state index in [1.807, 2.05) is 30.3 Å². The highest BCUT2D eigenvalue weighted by Crippen LogP contribution is 2.41. The molecule has 1 saturated heterocycles. The summed E-state index contributed by atoms with van der Waals surface area (Å²) in [5.41, 5.74) is 2.20. The van der Waals surface area contributed by atoms with Crippen LogP contribution in [-0.4, -0.2) is 46.4 Å². The van der Waals surface area contributed by atoms with Crippen LogP contribution in [-0.2, 0) is 16.0 Å². The van der Waals surface area contributed by atoms with E-state index >= 15 is 0 Å². The largest absolute Gasteiger partial charge is 0.507 e. The Hall–Kier alpha value is -4.13. The molecule has 33 heavy (non-hydrogen) atoms. The normalized spacial score (nSPS) is 19.0. The number of ketones is 1. The van der Waals surface area contributed by atoms with Crippen molar-refractivity contribution in [3.63, 3.8) is 0 Å². The Balaban J connectivity index is 1.56. The van der Waals surface area contributed by atoms with Gasteiger partial charge in [-0.25, -0.2) is 0 Å². The van der Waals surface area contributed by atoms with Crippen LogP contribution in [0.3, 0.4) is 0 Å². The number of ether oxygens (including phenoxy) is 2. The lowest BCUT2D eigenvalue weighted by atomic mass is 9.95. The number of aromatic nitrogens is 1. The van der Waals surface area contributed by atoms with Crippen molar-refractivity contribution < 1.29 is 24.2 Å². The van der Waals surface area contributed by atoms with Gasteiger partial charge in [0.1, 0.15) is 19.0 Å². The van der Waals surface area contributed by atoms with E-state index in [4.69, 9.17) is 9.47 Å². The lowest BCUT2D eigenvalue weighted by Crippen LogP contribution is -2.31. The van der Waals surface area contributed by atoms with Gasteiger partial charge in [-0.3, -0.25) is 14.6 Å². The topological polar surface area (TPSA) is 89.0 Å². The molecule has 0 radical (unpaired) electrons. The van der Waals surface area contributed by atoms with Crippen LogP contribution in [0.4, 0.5) is 0 Å². The number of amides is 1. The highest BCUT2D eigenvalue weighted by Gasteiger charge is 2.45. The van der Waals surface area contributed by atoms with E-state index in [0.29, 0.717) is 48.8 Å². The molecule has 1 amide bonds. The fraction of sp³-hybridized carbons (Fsp3) is 0.192. The minimum atomic E-state index is -0.718. The van der Waals surface area contributed by atoms with E-state index < -0.39 is 17.7 Å². The van der Waals surface area contributed by atoms with Crippen LogP contribution >= 0.6 is 0 Å². The number of carbonyl (C=O) groups is 2. The smallest absolute Gasteiger partial charge is 0.295 e. The Labute approximate surface area is 190 Å². The molecule has 2 aliphatic rings. The number of aliphatic hydroxyl groups excluding tert-OH is 1. The van der Waals surface area contributed by atoms with Gasteiger partial charge in [0.05, 0.1) is 11.6 Å². The Bertz CT molecular complexity index is 1220. The molecule has 7 heteroatoms. The van der Waals surface area contributed by atoms with Crippen LogP contribution in [0.1, 0.15) is 22.7 Å². The van der Waals surface area contributed by atoms with Gasteiger partial charge in [-0.2, -0.15) is 0 Å². The van der Waals surface area contributed by atoms with Gasteiger partial charge in [0.25, 0.3) is 11.7 Å². The van der Waals surface area contributed by atoms with Crippen molar-refractivity contribution >= 4 is 17.4 Å². The molecule has 0 saturated carbocycles. The Morgan fingerprint density at radius 2 is 1.70 bits per heavy atom. The van der Waals surface area contributed by atoms with Crippen LogP contribution in [0.5, 0.6) is 11.5 Å². The summed E-state index contributed by atoms with van der Waals surface area (Å²) < 4.78 is 11.2. The van der Waals surface area contributed by atoms with Crippen molar-refractivity contribution in [1.29, 1.82) is 0 Å². The van der Waals surface area contributed by atoms with Gasteiger partial charge in [-0.15, -0.1) is 0 Å². The second-order valence-electron chi connectivity index (χ2n) is 7.87. The molecule has 166 valence electrons. The summed E-state index contributed by atoms with van der Waals surface area (Å²) >= 11 is 0. The fourth-order valence-electron chi connectivity index (χ4n) is 4.24. The van der Waals surface area contributed by atoms with Gasteiger partial charge in [0.15, 0.2) is 11.5 Å². The number of benzene rings is 2. The molecule has 1 aromatic heterocycles. The molecule has 2 aliphatic heterocycles. The molecule has 0 unspecified atom stereocenters. The maximum absolute atomic E-state index is 13.1. The molecular weight excluding hydrogens is 420 g/mol. The number of fused-ring (bicyclic) bond motifs is 1. The molecule has 3 aromatic rings. The monoisotopic (exact) mass is 442 g/mol. The summed E-state index contributed by atoms with van der Waals surface area (Å²) in [7, 11) is 0. The Kier molecular flexibility index (Phi) is 5.52. The van der Waals surface area contributed by atoms with Crippen molar-refractivity contribution in [3.05, 3.63) is 95.3 Å². The number of rotatable bonds is 5. The molecule has 2 aromatic carbocycles. The third kappa shape index (κ3) is 3.93. The lowest BCUT2D eigenvalue weighted by Gasteiger charge is -2.25. The highest BCUT2D eigenvalue weighted by molar-refractivity contribution is 6.46. The first-order valence-corrected chi connectivity index (χ1v) is 10.8. The minimum Gasteiger partial charge on any atom is -0.507 e. The molecule has 1 atom stereocenters. The molecule has 1 fully saturated rings. The molecule has 3 heterocycles. The summed E-state index contributed by atoms with van der Waals surface area (Å²) in [6.07, 6.45) is 3.80. The van der Waals surface area contributed by atoms with E-state index in [1.54, 1.807) is 42.7 Å². The number of carbonyl (C=O) groups excluding carboxylic acids is 2. The first kappa shape index (κ1) is 20.8. The number of likely N-dealkylation sites (tertiary alicyclic amines) is 1. The van der Waals surface area contributed by atoms with Crippen LogP contribution in [0.25, 0.3) is 5.76 Å². The third-order valence-corrected chi connectivity index (χ3v) is 5.86. The van der Waals surface area contributed by atoms with E-state index in [2.05, 4.69) is 4.98 Å². The van der Waals surface area contributed by atoms with E-state index in [-0.39, 0.29) is 11.3 Å². The summed E-state index contributed by atoms with van der Waals surface area (Å²) in [4.78, 5) is 31.8. The molecule has 0 spiro atoms. The summed E-state index contributed by atoms with van der Waals surface area (Å²) in [5, 5.41) is 11.2. The maximum atomic E-state index is 13.1. The van der Waals surface area contributed by atoms with Crippen LogP contribution in [0, 0.1) is 0 Å². The van der Waals surface area contributed by atoms with Crippen molar-refractivity contribution in [1.82, 2.24) is 9.88 Å². The zero-order valence-electron chi connectivity index (χ0n) is 17.8. The lowest BCUT2D eigenvalue weighted by molar-refractivity contribution is -0.139. The third-order valence-electron chi connectivity index (χ3n) is 5.86. The molecule has 7 nitrogen and oxygen atoms in total. The van der Waals surface area contributed by atoms with Gasteiger partial charge >= 0.3 is 0 Å². The first-order chi connectivity index (χ1) is 16.1. The fourth-order valence-corrected chi connectivity index (χ4v) is 4.24. The number of hydrogen-bond acceptors (Lipinski definition) is 6. The quantitative estimate of drug-likeness (QED) is 0.370. The standard InChI is InChI=1S/C26H22N2O5/c29-24(19-6-7-20-21(16-19)33-15-14-32-20)22-23(18-8-11-27-12-9-18)28(26(31)25(22)30)13-10-17-4-2-1-3-5-17/h1-9,11-12,16,23,29H,10,13-15H2/t23-/m1/s1. The number of Topliss-reactive ketones (excluding diaryl/α,β-unsaturated/α-hetero) is 1. The molecular formula is C26H22N2O5. The first-order valence-electron chi connectivity index (χ1n) is 10.8. The predicted molar refractivity (Wildman–Crippen MR) is 121 cm³/mol. The average molecular weight is 442 g/mol. The Morgan fingerprint density at radius 1 is 0.970 bits per heavy atom. The molecule has 1 N–H and O–H groups in total. The molecule has 5 rings (SSSR count). The van der Waals surface area contributed by atoms with E-state index in [9.17, 15) is 14.7 Å². The Morgan fingerprint density at radius 3 is 2.45 bits per heavy atom. The second-order valence-corrected chi connectivity index (χ2v) is 7.87.